The first-order chi connectivity index (χ1) is 13.2. The number of hydrogen-bond acceptors (Lipinski definition) is 7. The molecule has 1 heterocycles. The molecule has 3 aromatic rings. The zero-order chi connectivity index (χ0) is 19.1. The molecule has 0 radical (unpaired) electrons. The number of carbonyl (C=O) groups is 1. The van der Waals surface area contributed by atoms with E-state index in [-0.39, 0.29) is 11.7 Å². The van der Waals surface area contributed by atoms with Crippen molar-refractivity contribution in [3.8, 4) is 23.3 Å². The molecule has 136 valence electrons. The number of hydrogen-bond donors (Lipinski definition) is 1. The van der Waals surface area contributed by atoms with Crippen LogP contribution in [0.15, 0.2) is 58.2 Å². The van der Waals surface area contributed by atoms with Gasteiger partial charge < -0.3 is 14.5 Å². The summed E-state index contributed by atoms with van der Waals surface area (Å²) in [6.07, 6.45) is 0. The molecule has 0 fully saturated rings. The van der Waals surface area contributed by atoms with Gasteiger partial charge in [-0.05, 0) is 42.0 Å². The highest BCUT2D eigenvalue weighted by Gasteiger charge is 2.11. The molecule has 27 heavy (non-hydrogen) atoms. The average molecular weight is 380 g/mol. The summed E-state index contributed by atoms with van der Waals surface area (Å²) in [5.74, 6) is 1.15. The molecule has 0 saturated carbocycles. The van der Waals surface area contributed by atoms with Crippen molar-refractivity contribution in [3.63, 3.8) is 0 Å². The second-order valence-corrected chi connectivity index (χ2v) is 6.40. The Morgan fingerprint density at radius 1 is 1.19 bits per heavy atom. The Bertz CT molecular complexity index is 946. The standard InChI is InChI=1S/C19H16N4O3S/c1-25-16-8-6-15(7-9-16)18-22-23-19(26-18)27-12-17(24)21-11-14-4-2-13(10-20)3-5-14/h2-9H,11-12H2,1H3,(H,21,24). The van der Waals surface area contributed by atoms with Crippen LogP contribution >= 0.6 is 11.8 Å². The van der Waals surface area contributed by atoms with E-state index in [1.807, 2.05) is 36.4 Å². The van der Waals surface area contributed by atoms with Gasteiger partial charge in [0.15, 0.2) is 0 Å². The van der Waals surface area contributed by atoms with Gasteiger partial charge in [-0.1, -0.05) is 23.9 Å². The van der Waals surface area contributed by atoms with Gasteiger partial charge in [-0.25, -0.2) is 0 Å². The molecular formula is C19H16N4O3S. The van der Waals surface area contributed by atoms with Gasteiger partial charge in [-0.2, -0.15) is 5.26 Å². The van der Waals surface area contributed by atoms with Crippen LogP contribution in [0, 0.1) is 11.3 Å². The van der Waals surface area contributed by atoms with Crippen molar-refractivity contribution in [1.82, 2.24) is 15.5 Å². The average Bonchev–Trinajstić information content (AvgIpc) is 3.20. The first-order valence-corrected chi connectivity index (χ1v) is 9.03. The van der Waals surface area contributed by atoms with Gasteiger partial charge in [0, 0.05) is 12.1 Å². The largest absolute Gasteiger partial charge is 0.497 e. The number of aromatic nitrogens is 2. The molecule has 0 aliphatic carbocycles. The third-order valence-electron chi connectivity index (χ3n) is 3.64. The maximum Gasteiger partial charge on any atom is 0.277 e. The lowest BCUT2D eigenvalue weighted by atomic mass is 10.1. The van der Waals surface area contributed by atoms with E-state index in [0.717, 1.165) is 16.9 Å². The van der Waals surface area contributed by atoms with Gasteiger partial charge >= 0.3 is 0 Å². The molecule has 1 aromatic heterocycles. The van der Waals surface area contributed by atoms with E-state index in [1.165, 1.54) is 11.8 Å². The zero-order valence-electron chi connectivity index (χ0n) is 14.5. The summed E-state index contributed by atoms with van der Waals surface area (Å²) in [6.45, 7) is 0.395. The molecule has 7 nitrogen and oxygen atoms in total. The lowest BCUT2D eigenvalue weighted by Gasteiger charge is -2.04. The Morgan fingerprint density at radius 2 is 1.93 bits per heavy atom. The van der Waals surface area contributed by atoms with Crippen molar-refractivity contribution < 1.29 is 13.9 Å². The number of nitrogens with zero attached hydrogens (tertiary/aromatic N) is 3. The summed E-state index contributed by atoms with van der Waals surface area (Å²) < 4.78 is 10.7. The third-order valence-corrected chi connectivity index (χ3v) is 4.46. The molecule has 3 rings (SSSR count). The van der Waals surface area contributed by atoms with Crippen LogP contribution < -0.4 is 10.1 Å². The predicted octanol–water partition coefficient (Wildman–Crippen LogP) is 3.03. The maximum absolute atomic E-state index is 12.0. The van der Waals surface area contributed by atoms with E-state index in [4.69, 9.17) is 14.4 Å². The van der Waals surface area contributed by atoms with Crippen molar-refractivity contribution in [2.24, 2.45) is 0 Å². The van der Waals surface area contributed by atoms with Crippen LogP contribution in [-0.2, 0) is 11.3 Å². The highest BCUT2D eigenvalue weighted by atomic mass is 32.2. The summed E-state index contributed by atoms with van der Waals surface area (Å²) >= 11 is 1.17. The second-order valence-electron chi connectivity index (χ2n) is 5.48. The summed E-state index contributed by atoms with van der Waals surface area (Å²) in [5.41, 5.74) is 2.29. The number of thioether (sulfide) groups is 1. The zero-order valence-corrected chi connectivity index (χ0v) is 15.3. The molecule has 0 spiro atoms. The number of benzene rings is 2. The van der Waals surface area contributed by atoms with E-state index in [1.54, 1.807) is 19.2 Å². The molecule has 0 aliphatic heterocycles. The highest BCUT2D eigenvalue weighted by molar-refractivity contribution is 7.99. The molecule has 0 bridgehead atoms. The van der Waals surface area contributed by atoms with E-state index >= 15 is 0 Å². The predicted molar refractivity (Wildman–Crippen MR) is 100 cm³/mol. The molecule has 0 aliphatic rings. The van der Waals surface area contributed by atoms with Gasteiger partial charge in [0.2, 0.25) is 11.8 Å². The molecule has 2 aromatic carbocycles. The first kappa shape index (κ1) is 18.5. The van der Waals surface area contributed by atoms with E-state index in [0.29, 0.717) is 23.2 Å². The normalized spacial score (nSPS) is 10.2. The lowest BCUT2D eigenvalue weighted by Crippen LogP contribution is -2.24. The van der Waals surface area contributed by atoms with Crippen LogP contribution in [0.4, 0.5) is 0 Å². The van der Waals surface area contributed by atoms with Gasteiger partial charge in [0.1, 0.15) is 5.75 Å². The van der Waals surface area contributed by atoms with Crippen molar-refractivity contribution in [2.75, 3.05) is 12.9 Å². The van der Waals surface area contributed by atoms with Crippen molar-refractivity contribution in [2.45, 2.75) is 11.8 Å². The summed E-state index contributed by atoms with van der Waals surface area (Å²) in [7, 11) is 1.60. The summed E-state index contributed by atoms with van der Waals surface area (Å²) in [4.78, 5) is 12.0. The molecule has 1 amide bonds. The van der Waals surface area contributed by atoms with Gasteiger partial charge in [0.05, 0.1) is 24.5 Å². The molecular weight excluding hydrogens is 364 g/mol. The third kappa shape index (κ3) is 5.09. The van der Waals surface area contributed by atoms with Crippen molar-refractivity contribution in [1.29, 1.82) is 5.26 Å². The Balaban J connectivity index is 1.48. The van der Waals surface area contributed by atoms with Gasteiger partial charge in [-0.15, -0.1) is 10.2 Å². The Labute approximate surface area is 160 Å². The number of rotatable bonds is 7. The van der Waals surface area contributed by atoms with Crippen molar-refractivity contribution >= 4 is 17.7 Å². The number of amides is 1. The summed E-state index contributed by atoms with van der Waals surface area (Å²) in [6, 6.07) is 16.4. The molecule has 0 unspecified atom stereocenters. The topological polar surface area (TPSA) is 101 Å². The van der Waals surface area contributed by atoms with Gasteiger partial charge in [-0.3, -0.25) is 4.79 Å². The fraction of sp³-hybridized carbons (Fsp3) is 0.158. The number of ether oxygens (including phenoxy) is 1. The highest BCUT2D eigenvalue weighted by Crippen LogP contribution is 2.24. The van der Waals surface area contributed by atoms with E-state index in [2.05, 4.69) is 21.6 Å². The SMILES string of the molecule is COc1ccc(-c2nnc(SCC(=O)NCc3ccc(C#N)cc3)o2)cc1. The smallest absolute Gasteiger partial charge is 0.277 e. The van der Waals surface area contributed by atoms with E-state index < -0.39 is 0 Å². The minimum atomic E-state index is -0.145. The quantitative estimate of drug-likeness (QED) is 0.629. The lowest BCUT2D eigenvalue weighted by molar-refractivity contribution is -0.118. The number of nitriles is 1. The van der Waals surface area contributed by atoms with E-state index in [9.17, 15) is 4.79 Å². The molecule has 1 N–H and O–H groups in total. The maximum atomic E-state index is 12.0. The van der Waals surface area contributed by atoms with Crippen LogP contribution in [0.25, 0.3) is 11.5 Å². The molecule has 8 heteroatoms. The first-order valence-electron chi connectivity index (χ1n) is 8.04. The van der Waals surface area contributed by atoms with Crippen LogP contribution in [0.1, 0.15) is 11.1 Å². The van der Waals surface area contributed by atoms with Crippen LogP contribution in [0.2, 0.25) is 0 Å². The number of methoxy groups -OCH3 is 1. The van der Waals surface area contributed by atoms with Crippen LogP contribution in [-0.4, -0.2) is 29.0 Å². The molecule has 0 atom stereocenters. The van der Waals surface area contributed by atoms with Crippen LogP contribution in [0.5, 0.6) is 5.75 Å². The van der Waals surface area contributed by atoms with Crippen LogP contribution in [0.3, 0.4) is 0 Å². The Hall–Kier alpha value is -3.31. The minimum absolute atomic E-state index is 0.145. The minimum Gasteiger partial charge on any atom is -0.497 e. The summed E-state index contributed by atoms with van der Waals surface area (Å²) in [5, 5.41) is 19.9. The second kappa shape index (κ2) is 8.87. The monoisotopic (exact) mass is 380 g/mol. The molecule has 0 saturated heterocycles. The van der Waals surface area contributed by atoms with Crippen molar-refractivity contribution in [3.05, 3.63) is 59.7 Å². The van der Waals surface area contributed by atoms with Gasteiger partial charge in [0.25, 0.3) is 5.22 Å². The fourth-order valence-electron chi connectivity index (χ4n) is 2.19. The fourth-order valence-corrected chi connectivity index (χ4v) is 2.79. The number of nitrogens with one attached hydrogen (secondary N) is 1. The number of carbonyl (C=O) groups excluding carboxylic acids is 1. The Morgan fingerprint density at radius 3 is 2.59 bits per heavy atom. The Kier molecular flexibility index (Phi) is 6.07.